The van der Waals surface area contributed by atoms with Crippen LogP contribution in [0.25, 0.3) is 5.57 Å². The Balaban J connectivity index is 1.57. The molecule has 24 heavy (non-hydrogen) atoms. The first-order valence-electron chi connectivity index (χ1n) is 9.42. The maximum absolute atomic E-state index is 11.6. The molecule has 0 amide bonds. The fourth-order valence-electron chi connectivity index (χ4n) is 4.01. The Morgan fingerprint density at radius 3 is 2.21 bits per heavy atom. The minimum atomic E-state index is 0.257. The average Bonchev–Trinajstić information content (AvgIpc) is 2.55. The van der Waals surface area contributed by atoms with E-state index in [1.807, 2.05) is 6.08 Å². The third-order valence-electron chi connectivity index (χ3n) is 5.63. The summed E-state index contributed by atoms with van der Waals surface area (Å²) in [6.45, 7) is 7.05. The summed E-state index contributed by atoms with van der Waals surface area (Å²) in [6.07, 6.45) is 9.68. The minimum absolute atomic E-state index is 0.257. The summed E-state index contributed by atoms with van der Waals surface area (Å²) >= 11 is 0. The highest BCUT2D eigenvalue weighted by Gasteiger charge is 2.30. The second kappa shape index (κ2) is 7.13. The van der Waals surface area contributed by atoms with Crippen LogP contribution in [0.15, 0.2) is 30.3 Å². The molecule has 1 aromatic carbocycles. The molecule has 2 aliphatic rings. The van der Waals surface area contributed by atoms with Gasteiger partial charge in [0.15, 0.2) is 5.78 Å². The molecule has 0 atom stereocenters. The van der Waals surface area contributed by atoms with Crippen LogP contribution in [0.2, 0.25) is 0 Å². The number of hydrogen-bond acceptors (Lipinski definition) is 2. The molecule has 0 N–H and O–H groups in total. The fourth-order valence-corrected chi connectivity index (χ4v) is 4.01. The van der Waals surface area contributed by atoms with Gasteiger partial charge in [0.25, 0.3) is 0 Å². The number of ether oxygens (including phenoxy) is 1. The third-order valence-corrected chi connectivity index (χ3v) is 5.63. The summed E-state index contributed by atoms with van der Waals surface area (Å²) in [4.78, 5) is 11.6. The molecule has 2 heteroatoms. The molecule has 0 bridgehead atoms. The Bertz CT molecular complexity index is 596. The predicted molar refractivity (Wildman–Crippen MR) is 99.1 cm³/mol. The van der Waals surface area contributed by atoms with Crippen molar-refractivity contribution in [3.05, 3.63) is 35.9 Å². The van der Waals surface area contributed by atoms with Gasteiger partial charge in [-0.25, -0.2) is 0 Å². The van der Waals surface area contributed by atoms with Gasteiger partial charge in [0.2, 0.25) is 0 Å². The van der Waals surface area contributed by atoms with Crippen molar-refractivity contribution < 1.29 is 9.53 Å². The van der Waals surface area contributed by atoms with Gasteiger partial charge in [0.05, 0.1) is 6.10 Å². The zero-order valence-corrected chi connectivity index (χ0v) is 15.3. The molecule has 3 rings (SSSR count). The van der Waals surface area contributed by atoms with E-state index in [0.717, 1.165) is 42.9 Å². The zero-order valence-electron chi connectivity index (χ0n) is 15.3. The first-order valence-corrected chi connectivity index (χ1v) is 9.42. The molecule has 130 valence electrons. The highest BCUT2D eigenvalue weighted by Crippen LogP contribution is 2.38. The van der Waals surface area contributed by atoms with Gasteiger partial charge >= 0.3 is 0 Å². The standard InChI is InChI=1S/C22H30O2/c1-22(2,3)18-9-13-21(14-10-18)24-20-11-7-16(8-12-20)17-5-4-6-19(23)15-17/h7-8,11-12,15,18,21H,4-6,9-10,13-14H2,1-3H3. The van der Waals surface area contributed by atoms with E-state index in [2.05, 4.69) is 45.0 Å². The van der Waals surface area contributed by atoms with Crippen LogP contribution in [0.1, 0.15) is 71.3 Å². The molecule has 0 heterocycles. The van der Waals surface area contributed by atoms with Crippen molar-refractivity contribution in [2.75, 3.05) is 0 Å². The van der Waals surface area contributed by atoms with Gasteiger partial charge in [-0.05, 0) is 79.2 Å². The predicted octanol–water partition coefficient (Wildman–Crippen LogP) is 5.81. The number of allylic oxidation sites excluding steroid dienone is 2. The van der Waals surface area contributed by atoms with E-state index in [1.165, 1.54) is 18.4 Å². The van der Waals surface area contributed by atoms with Crippen LogP contribution in [-0.2, 0) is 4.79 Å². The molecule has 0 aromatic heterocycles. The number of hydrogen-bond donors (Lipinski definition) is 0. The topological polar surface area (TPSA) is 26.3 Å². The first-order chi connectivity index (χ1) is 11.4. The largest absolute Gasteiger partial charge is 0.490 e. The summed E-state index contributed by atoms with van der Waals surface area (Å²) in [6, 6.07) is 8.32. The maximum Gasteiger partial charge on any atom is 0.155 e. The van der Waals surface area contributed by atoms with E-state index in [4.69, 9.17) is 4.74 Å². The van der Waals surface area contributed by atoms with Crippen LogP contribution in [-0.4, -0.2) is 11.9 Å². The lowest BCUT2D eigenvalue weighted by Crippen LogP contribution is -2.30. The maximum atomic E-state index is 11.6. The van der Waals surface area contributed by atoms with Crippen LogP contribution in [0, 0.1) is 11.3 Å². The Morgan fingerprint density at radius 1 is 0.958 bits per heavy atom. The lowest BCUT2D eigenvalue weighted by Gasteiger charge is -2.36. The van der Waals surface area contributed by atoms with Crippen LogP contribution < -0.4 is 4.74 Å². The van der Waals surface area contributed by atoms with Crippen molar-refractivity contribution in [2.45, 2.75) is 71.8 Å². The quantitative estimate of drug-likeness (QED) is 0.701. The van der Waals surface area contributed by atoms with E-state index in [1.54, 1.807) is 0 Å². The molecule has 2 nitrogen and oxygen atoms in total. The molecular formula is C22H30O2. The van der Waals surface area contributed by atoms with Gasteiger partial charge in [-0.1, -0.05) is 32.9 Å². The monoisotopic (exact) mass is 326 g/mol. The Labute approximate surface area is 146 Å². The van der Waals surface area contributed by atoms with Gasteiger partial charge < -0.3 is 4.74 Å². The summed E-state index contributed by atoms with van der Waals surface area (Å²) in [5.74, 6) is 2.03. The highest BCUT2D eigenvalue weighted by molar-refractivity contribution is 5.98. The summed E-state index contributed by atoms with van der Waals surface area (Å²) in [5, 5.41) is 0. The second-order valence-corrected chi connectivity index (χ2v) is 8.47. The SMILES string of the molecule is CC(C)(C)C1CCC(Oc2ccc(C3=CC(=O)CCC3)cc2)CC1. The van der Waals surface area contributed by atoms with Crippen LogP contribution >= 0.6 is 0 Å². The van der Waals surface area contributed by atoms with E-state index < -0.39 is 0 Å². The zero-order chi connectivity index (χ0) is 17.2. The minimum Gasteiger partial charge on any atom is -0.490 e. The normalized spacial score (nSPS) is 25.3. The van der Waals surface area contributed by atoms with E-state index in [0.29, 0.717) is 17.9 Å². The van der Waals surface area contributed by atoms with E-state index in [-0.39, 0.29) is 5.78 Å². The molecule has 0 saturated heterocycles. The summed E-state index contributed by atoms with van der Waals surface area (Å²) < 4.78 is 6.19. The van der Waals surface area contributed by atoms with E-state index >= 15 is 0 Å². The number of carbonyl (C=O) groups excluding carboxylic acids is 1. The number of ketones is 1. The van der Waals surface area contributed by atoms with Crippen molar-refractivity contribution >= 4 is 11.4 Å². The van der Waals surface area contributed by atoms with Gasteiger partial charge in [0, 0.05) is 6.42 Å². The Morgan fingerprint density at radius 2 is 1.62 bits per heavy atom. The molecule has 2 aliphatic carbocycles. The molecule has 1 fully saturated rings. The third kappa shape index (κ3) is 4.28. The number of carbonyl (C=O) groups is 1. The fraction of sp³-hybridized carbons (Fsp3) is 0.591. The Hall–Kier alpha value is -1.57. The van der Waals surface area contributed by atoms with Crippen molar-refractivity contribution in [2.24, 2.45) is 11.3 Å². The number of benzene rings is 1. The average molecular weight is 326 g/mol. The first kappa shape index (κ1) is 17.3. The molecule has 0 aliphatic heterocycles. The van der Waals surface area contributed by atoms with Crippen molar-refractivity contribution in [3.8, 4) is 5.75 Å². The van der Waals surface area contributed by atoms with Crippen LogP contribution in [0.3, 0.4) is 0 Å². The molecular weight excluding hydrogens is 296 g/mol. The Kier molecular flexibility index (Phi) is 5.12. The van der Waals surface area contributed by atoms with Crippen molar-refractivity contribution in [1.82, 2.24) is 0 Å². The number of rotatable bonds is 3. The van der Waals surface area contributed by atoms with Gasteiger partial charge in [-0.15, -0.1) is 0 Å². The lowest BCUT2D eigenvalue weighted by molar-refractivity contribution is -0.114. The van der Waals surface area contributed by atoms with Gasteiger partial charge in [-0.2, -0.15) is 0 Å². The molecule has 0 spiro atoms. The summed E-state index contributed by atoms with van der Waals surface area (Å²) in [7, 11) is 0. The molecule has 0 unspecified atom stereocenters. The molecule has 1 saturated carbocycles. The lowest BCUT2D eigenvalue weighted by atomic mass is 9.72. The van der Waals surface area contributed by atoms with E-state index in [9.17, 15) is 4.79 Å². The summed E-state index contributed by atoms with van der Waals surface area (Å²) in [5.41, 5.74) is 2.74. The second-order valence-electron chi connectivity index (χ2n) is 8.47. The molecule has 0 radical (unpaired) electrons. The van der Waals surface area contributed by atoms with Gasteiger partial charge in [0.1, 0.15) is 5.75 Å². The van der Waals surface area contributed by atoms with Crippen LogP contribution in [0.4, 0.5) is 0 Å². The van der Waals surface area contributed by atoms with Crippen molar-refractivity contribution in [1.29, 1.82) is 0 Å². The van der Waals surface area contributed by atoms with Crippen LogP contribution in [0.5, 0.6) is 5.75 Å². The smallest absolute Gasteiger partial charge is 0.155 e. The van der Waals surface area contributed by atoms with Gasteiger partial charge in [-0.3, -0.25) is 4.79 Å². The van der Waals surface area contributed by atoms with Crippen molar-refractivity contribution in [3.63, 3.8) is 0 Å². The highest BCUT2D eigenvalue weighted by atomic mass is 16.5. The molecule has 1 aromatic rings.